The van der Waals surface area contributed by atoms with Gasteiger partial charge in [0.05, 0.1) is 28.9 Å². The van der Waals surface area contributed by atoms with Crippen LogP contribution in [-0.2, 0) is 12.8 Å². The van der Waals surface area contributed by atoms with Crippen LogP contribution in [0.3, 0.4) is 0 Å². The lowest BCUT2D eigenvalue weighted by atomic mass is 10.1. The van der Waals surface area contributed by atoms with Crippen LogP contribution in [0.25, 0.3) is 28.6 Å². The zero-order valence-corrected chi connectivity index (χ0v) is 25.4. The van der Waals surface area contributed by atoms with Crippen LogP contribution in [0.15, 0.2) is 21.9 Å². The molecule has 0 aromatic carbocycles. The second kappa shape index (κ2) is 12.5. The molecular formula is C28H36S6. The van der Waals surface area contributed by atoms with Crippen molar-refractivity contribution < 1.29 is 0 Å². The molecule has 6 heteroatoms. The molecule has 0 spiro atoms. The molecule has 0 amide bonds. The number of unbranched alkanes of at least 4 members (excludes halogenated alkanes) is 10. The molecule has 184 valence electrons. The summed E-state index contributed by atoms with van der Waals surface area (Å²) in [6.07, 6.45) is 19.2. The van der Waals surface area contributed by atoms with Crippen LogP contribution >= 0.6 is 66.9 Å². The van der Waals surface area contributed by atoms with Crippen molar-refractivity contribution in [3.63, 3.8) is 0 Å². The fraction of sp³-hybridized carbons (Fsp3) is 0.571. The summed E-state index contributed by atoms with van der Waals surface area (Å²) in [7, 11) is 4.05. The molecule has 34 heavy (non-hydrogen) atoms. The molecule has 0 nitrogen and oxygen atoms in total. The molecule has 1 aliphatic heterocycles. The van der Waals surface area contributed by atoms with E-state index in [1.807, 2.05) is 21.6 Å². The maximum atomic E-state index is 2.51. The highest BCUT2D eigenvalue weighted by Crippen LogP contribution is 2.63. The van der Waals surface area contributed by atoms with Crippen molar-refractivity contribution in [3.8, 4) is 9.75 Å². The van der Waals surface area contributed by atoms with Gasteiger partial charge in [-0.25, -0.2) is 0 Å². The first-order valence-electron chi connectivity index (χ1n) is 13.2. The van der Waals surface area contributed by atoms with E-state index in [2.05, 4.69) is 71.3 Å². The molecule has 0 N–H and O–H groups in total. The Hall–Kier alpha value is 0.0200. The molecular weight excluding hydrogens is 529 g/mol. The minimum Gasteiger partial charge on any atom is -0.138 e. The first-order chi connectivity index (χ1) is 16.8. The van der Waals surface area contributed by atoms with Crippen molar-refractivity contribution in [2.45, 2.75) is 114 Å². The summed E-state index contributed by atoms with van der Waals surface area (Å²) >= 11 is 8.25. The molecule has 0 aliphatic carbocycles. The average molecular weight is 565 g/mol. The maximum Gasteiger partial charge on any atom is 0.0620 e. The van der Waals surface area contributed by atoms with Gasteiger partial charge < -0.3 is 0 Å². The van der Waals surface area contributed by atoms with Gasteiger partial charge in [-0.15, -0.1) is 45.3 Å². The number of thiophene rings is 4. The molecule has 5 heterocycles. The van der Waals surface area contributed by atoms with E-state index in [1.54, 1.807) is 38.7 Å². The monoisotopic (exact) mass is 564 g/mol. The van der Waals surface area contributed by atoms with E-state index >= 15 is 0 Å². The Kier molecular flexibility index (Phi) is 9.44. The van der Waals surface area contributed by atoms with Crippen molar-refractivity contribution in [2.75, 3.05) is 0 Å². The number of fused-ring (bicyclic) bond motifs is 7. The van der Waals surface area contributed by atoms with Gasteiger partial charge in [-0.2, -0.15) is 0 Å². The number of aryl methyl sites for hydroxylation is 2. The van der Waals surface area contributed by atoms with Crippen molar-refractivity contribution in [3.05, 3.63) is 21.9 Å². The Morgan fingerprint density at radius 3 is 1.35 bits per heavy atom. The van der Waals surface area contributed by atoms with Crippen LogP contribution in [-0.4, -0.2) is 0 Å². The van der Waals surface area contributed by atoms with E-state index in [9.17, 15) is 0 Å². The van der Waals surface area contributed by atoms with Gasteiger partial charge in [0.25, 0.3) is 0 Å². The predicted octanol–water partition coefficient (Wildman–Crippen LogP) is 12.8. The smallest absolute Gasteiger partial charge is 0.0620 e. The summed E-state index contributed by atoms with van der Waals surface area (Å²) in [5.74, 6) is 0. The third-order valence-corrected chi connectivity index (χ3v) is 14.8. The van der Waals surface area contributed by atoms with Crippen LogP contribution in [0.4, 0.5) is 0 Å². The summed E-state index contributed by atoms with van der Waals surface area (Å²) in [6, 6.07) is 5.02. The number of hydrogen-bond donors (Lipinski definition) is 0. The summed E-state index contributed by atoms with van der Waals surface area (Å²) in [5.41, 5.74) is 0. The van der Waals surface area contributed by atoms with Gasteiger partial charge in [-0.1, -0.05) is 78.1 Å². The zero-order chi connectivity index (χ0) is 23.3. The predicted molar refractivity (Wildman–Crippen MR) is 164 cm³/mol. The van der Waals surface area contributed by atoms with E-state index in [1.165, 1.54) is 99.3 Å². The van der Waals surface area contributed by atoms with Gasteiger partial charge in [0.1, 0.15) is 0 Å². The Labute approximate surface area is 229 Å². The van der Waals surface area contributed by atoms with E-state index in [-0.39, 0.29) is 0 Å². The van der Waals surface area contributed by atoms with Crippen LogP contribution in [0, 0.1) is 0 Å². The second-order valence-corrected chi connectivity index (χ2v) is 16.1. The SMILES string of the molecule is CCCCCCCCc1cc2sc3c(c2s1)SSc1c-3sc2cc(CCCCCCCC)sc12. The summed E-state index contributed by atoms with van der Waals surface area (Å²) in [6.45, 7) is 4.60. The first-order valence-corrected chi connectivity index (χ1v) is 18.6. The minimum absolute atomic E-state index is 1.27. The summed E-state index contributed by atoms with van der Waals surface area (Å²) in [4.78, 5) is 9.41. The van der Waals surface area contributed by atoms with Crippen LogP contribution < -0.4 is 0 Å². The van der Waals surface area contributed by atoms with Crippen LogP contribution in [0.2, 0.25) is 0 Å². The third kappa shape index (κ3) is 5.78. The second-order valence-electron chi connectivity index (χ2n) is 9.53. The maximum absolute atomic E-state index is 2.51. The minimum atomic E-state index is 1.27. The summed E-state index contributed by atoms with van der Waals surface area (Å²) < 4.78 is 6.17. The Morgan fingerprint density at radius 1 is 0.500 bits per heavy atom. The standard InChI is InChI=1S/C28H36S6/c1-3-5-7-9-11-13-15-19-17-21-23(29-19)27-25(31-21)26-28(34-33-27)24-22(32-26)18-20(30-24)16-14-12-10-8-6-4-2/h17-18H,3-16H2,1-2H3. The van der Waals surface area contributed by atoms with Gasteiger partial charge in [0.2, 0.25) is 0 Å². The fourth-order valence-electron chi connectivity index (χ4n) is 4.77. The molecule has 0 fully saturated rings. The molecule has 1 aliphatic rings. The number of hydrogen-bond acceptors (Lipinski definition) is 6. The lowest BCUT2D eigenvalue weighted by Gasteiger charge is -2.10. The van der Waals surface area contributed by atoms with E-state index < -0.39 is 0 Å². The molecule has 4 aromatic heterocycles. The van der Waals surface area contributed by atoms with Gasteiger partial charge in [-0.3, -0.25) is 0 Å². The highest BCUT2D eigenvalue weighted by atomic mass is 33.1. The lowest BCUT2D eigenvalue weighted by Crippen LogP contribution is -1.83. The molecule has 0 saturated heterocycles. The molecule has 4 aromatic rings. The van der Waals surface area contributed by atoms with Crippen molar-refractivity contribution in [1.29, 1.82) is 0 Å². The van der Waals surface area contributed by atoms with E-state index in [0.717, 1.165) is 0 Å². The Bertz CT molecular complexity index is 1110. The van der Waals surface area contributed by atoms with Gasteiger partial charge in [-0.05, 0) is 59.4 Å². The highest BCUT2D eigenvalue weighted by Gasteiger charge is 2.28. The molecule has 0 unspecified atom stereocenters. The van der Waals surface area contributed by atoms with Crippen molar-refractivity contribution in [1.82, 2.24) is 0 Å². The van der Waals surface area contributed by atoms with Crippen LogP contribution in [0.5, 0.6) is 0 Å². The quantitative estimate of drug-likeness (QED) is 0.110. The van der Waals surface area contributed by atoms with Gasteiger partial charge in [0.15, 0.2) is 0 Å². The molecule has 0 atom stereocenters. The largest absolute Gasteiger partial charge is 0.138 e. The summed E-state index contributed by atoms with van der Waals surface area (Å²) in [5, 5.41) is 0. The zero-order valence-electron chi connectivity index (χ0n) is 20.5. The molecule has 0 saturated carbocycles. The van der Waals surface area contributed by atoms with E-state index in [0.29, 0.717) is 0 Å². The Balaban J connectivity index is 1.23. The number of rotatable bonds is 14. The highest BCUT2D eigenvalue weighted by molar-refractivity contribution is 8.77. The molecule has 0 radical (unpaired) electrons. The van der Waals surface area contributed by atoms with Crippen LogP contribution in [0.1, 0.15) is 101 Å². The normalized spacial score (nSPS) is 13.2. The topological polar surface area (TPSA) is 0 Å². The average Bonchev–Trinajstić information content (AvgIpc) is 3.57. The van der Waals surface area contributed by atoms with Crippen molar-refractivity contribution in [2.24, 2.45) is 0 Å². The van der Waals surface area contributed by atoms with E-state index in [4.69, 9.17) is 0 Å². The first kappa shape index (κ1) is 25.7. The Morgan fingerprint density at radius 2 is 0.912 bits per heavy atom. The lowest BCUT2D eigenvalue weighted by molar-refractivity contribution is 0.609. The molecule has 5 rings (SSSR count). The molecule has 0 bridgehead atoms. The van der Waals surface area contributed by atoms with Gasteiger partial charge >= 0.3 is 0 Å². The fourth-order valence-corrected chi connectivity index (χ4v) is 14.2. The van der Waals surface area contributed by atoms with Crippen molar-refractivity contribution >= 4 is 85.7 Å². The third-order valence-electron chi connectivity index (χ3n) is 6.72. The van der Waals surface area contributed by atoms with Gasteiger partial charge in [0, 0.05) is 19.2 Å².